The third kappa shape index (κ3) is 15.3. The maximum Gasteiger partial charge on any atom is 0.285 e. The molecule has 0 aliphatic heterocycles. The molecule has 0 aromatic carbocycles. The zero-order chi connectivity index (χ0) is 11.8. The first kappa shape index (κ1) is 29.6. The monoisotopic (exact) mass is 387 g/mol. The summed E-state index contributed by atoms with van der Waals surface area (Å²) in [5.41, 5.74) is 0. The van der Waals surface area contributed by atoms with Crippen molar-refractivity contribution < 1.29 is 38.9 Å². The average Bonchev–Trinajstić information content (AvgIpc) is 1.75. The summed E-state index contributed by atoms with van der Waals surface area (Å²) in [6, 6.07) is 0. The minimum Gasteiger partial charge on any atom is -0.285 e. The molecule has 0 aliphatic rings. The van der Waals surface area contributed by atoms with Gasteiger partial charge in [-0.15, -0.1) is 0 Å². The van der Waals surface area contributed by atoms with Crippen LogP contribution < -0.4 is 0 Å². The molecule has 0 rings (SSSR count). The molecule has 0 heterocycles. The second kappa shape index (κ2) is 11.2. The smallest absolute Gasteiger partial charge is 0.285 e. The van der Waals surface area contributed by atoms with E-state index < -0.39 is 40.7 Å². The quantitative estimate of drug-likeness (QED) is 0.333. The summed E-state index contributed by atoms with van der Waals surface area (Å²) in [7, 11) is -15.6. The Labute approximate surface area is 227 Å². The molecule has 0 aliphatic carbocycles. The predicted octanol–water partition coefficient (Wildman–Crippen LogP) is -3.17. The summed E-state index contributed by atoms with van der Waals surface area (Å²) < 4.78 is 83.1. The van der Waals surface area contributed by atoms with Gasteiger partial charge in [0.15, 0.2) is 0 Å². The molecule has 0 aromatic heterocycles. The van der Waals surface area contributed by atoms with Gasteiger partial charge in [-0.05, 0) is 0 Å². The van der Waals surface area contributed by atoms with E-state index in [0.717, 1.165) is 0 Å². The van der Waals surface area contributed by atoms with Crippen molar-refractivity contribution in [3.05, 3.63) is 0 Å². The topological polar surface area (TPSA) is 163 Å². The van der Waals surface area contributed by atoms with Gasteiger partial charge in [0.1, 0.15) is 5.75 Å². The van der Waals surface area contributed by atoms with Gasteiger partial charge >= 0.3 is 0 Å². The van der Waals surface area contributed by atoms with Gasteiger partial charge in [0.25, 0.3) is 30.4 Å². The first-order chi connectivity index (χ1) is 5.84. The molecule has 0 aromatic rings. The molecule has 89 valence electrons. The van der Waals surface area contributed by atoms with Gasteiger partial charge < -0.3 is 0 Å². The Balaban J connectivity index is -0.000000282. The molecular formula is C2H6K3O9S3. The maximum atomic E-state index is 10.3. The van der Waals surface area contributed by atoms with Crippen molar-refractivity contribution >= 4 is 185 Å². The van der Waals surface area contributed by atoms with Crippen molar-refractivity contribution in [2.75, 3.05) is 5.75 Å². The first-order valence-electron chi connectivity index (χ1n) is 2.72. The maximum absolute atomic E-state index is 10.3. The Hall–Kier alpha value is 4.64. The second-order valence-electron chi connectivity index (χ2n) is 2.21. The number of rotatable bonds is 4. The second-order valence-corrected chi connectivity index (χ2v) is 7.20. The van der Waals surface area contributed by atoms with Gasteiger partial charge in [0, 0.05) is 154 Å². The zero-order valence-corrected chi connectivity index (χ0v) is 21.1. The normalized spacial score (nSPS) is 12.0. The van der Waals surface area contributed by atoms with Crippen molar-refractivity contribution in [1.82, 2.24) is 0 Å². The Kier molecular flexibility index (Phi) is 19.5. The van der Waals surface area contributed by atoms with Crippen molar-refractivity contribution in [3.63, 3.8) is 0 Å². The van der Waals surface area contributed by atoms with Crippen molar-refractivity contribution in [2.24, 2.45) is 0 Å². The molecule has 3 radical (unpaired) electrons. The van der Waals surface area contributed by atoms with Crippen LogP contribution in [0, 0.1) is 0 Å². The van der Waals surface area contributed by atoms with Crippen LogP contribution in [-0.2, 0) is 30.4 Å². The Morgan fingerprint density at radius 1 is 0.706 bits per heavy atom. The molecule has 0 bridgehead atoms. The molecule has 0 saturated heterocycles. The standard InChI is InChI=1S/C2H6O9S3.3K/c3-12(4,5)1-2(13(6,7)8)14(9,10)11;;;/h2H,1H2,(H,3,4,5)(H,6,7,8)(H,9,10,11);;;. The van der Waals surface area contributed by atoms with E-state index in [1.54, 1.807) is 0 Å². The Morgan fingerprint density at radius 2 is 0.941 bits per heavy atom. The van der Waals surface area contributed by atoms with Crippen LogP contribution in [0.4, 0.5) is 0 Å². The van der Waals surface area contributed by atoms with E-state index >= 15 is 0 Å². The largest absolute Gasteiger partial charge is 0.285 e. The Morgan fingerprint density at radius 3 is 1.00 bits per heavy atom. The van der Waals surface area contributed by atoms with E-state index in [9.17, 15) is 25.3 Å². The van der Waals surface area contributed by atoms with E-state index in [1.165, 1.54) is 0 Å². The fourth-order valence-corrected chi connectivity index (χ4v) is 4.48. The predicted molar refractivity (Wildman–Crippen MR) is 60.6 cm³/mol. The summed E-state index contributed by atoms with van der Waals surface area (Å²) in [5, 5.41) is 0. The van der Waals surface area contributed by atoms with Crippen LogP contribution in [0.3, 0.4) is 0 Å². The van der Waals surface area contributed by atoms with Crippen LogP contribution in [0.1, 0.15) is 0 Å². The fraction of sp³-hybridized carbons (Fsp3) is 1.00. The molecule has 0 amide bonds. The molecule has 0 saturated carbocycles. The molecule has 15 heteroatoms. The van der Waals surface area contributed by atoms with E-state index in [1.807, 2.05) is 0 Å². The summed E-state index contributed by atoms with van der Waals surface area (Å²) in [6.45, 7) is 0. The van der Waals surface area contributed by atoms with Crippen molar-refractivity contribution in [1.29, 1.82) is 0 Å². The molecule has 9 nitrogen and oxygen atoms in total. The van der Waals surface area contributed by atoms with Crippen LogP contribution in [-0.4, -0.2) is 203 Å². The molecule has 0 atom stereocenters. The molecule has 17 heavy (non-hydrogen) atoms. The van der Waals surface area contributed by atoms with Gasteiger partial charge in [-0.3, -0.25) is 13.7 Å². The Bertz CT molecular complexity index is 470. The van der Waals surface area contributed by atoms with Crippen LogP contribution in [0.25, 0.3) is 0 Å². The molecule has 3 N–H and O–H groups in total. The zero-order valence-electron chi connectivity index (χ0n) is 9.30. The minimum absolute atomic E-state index is 0. The van der Waals surface area contributed by atoms with E-state index in [0.29, 0.717) is 0 Å². The molecule has 0 spiro atoms. The fourth-order valence-electron chi connectivity index (χ4n) is 0.498. The SMILES string of the molecule is O=S(=O)(O)CC(S(=O)(=O)O)S(=O)(=O)O.[K].[K].[K]. The summed E-state index contributed by atoms with van der Waals surface area (Å²) in [6.07, 6.45) is 0. The third-order valence-electron chi connectivity index (χ3n) is 1.01. The number of hydrogen-bond donors (Lipinski definition) is 3. The summed E-state index contributed by atoms with van der Waals surface area (Å²) in [4.78, 5) is 0. The van der Waals surface area contributed by atoms with Gasteiger partial charge in [0.05, 0.1) is 0 Å². The van der Waals surface area contributed by atoms with E-state index in [4.69, 9.17) is 13.7 Å². The van der Waals surface area contributed by atoms with Gasteiger partial charge in [-0.1, -0.05) is 0 Å². The van der Waals surface area contributed by atoms with Crippen molar-refractivity contribution in [2.45, 2.75) is 4.58 Å². The van der Waals surface area contributed by atoms with Gasteiger partial charge in [0.2, 0.25) is 4.58 Å². The molecule has 0 fully saturated rings. The minimum atomic E-state index is -5.33. The summed E-state index contributed by atoms with van der Waals surface area (Å²) >= 11 is 0. The molecule has 0 unspecified atom stereocenters. The first-order valence-corrected chi connectivity index (χ1v) is 7.33. The van der Waals surface area contributed by atoms with Crippen LogP contribution in [0.5, 0.6) is 0 Å². The van der Waals surface area contributed by atoms with Crippen LogP contribution in [0.15, 0.2) is 0 Å². The third-order valence-corrected chi connectivity index (χ3v) is 5.31. The van der Waals surface area contributed by atoms with Gasteiger partial charge in [-0.25, -0.2) is 0 Å². The van der Waals surface area contributed by atoms with Crippen molar-refractivity contribution in [3.8, 4) is 0 Å². The summed E-state index contributed by atoms with van der Waals surface area (Å²) in [5.74, 6) is -1.84. The molecular weight excluding hydrogens is 382 g/mol. The number of hydrogen-bond acceptors (Lipinski definition) is 6. The van der Waals surface area contributed by atoms with Crippen LogP contribution in [0.2, 0.25) is 0 Å². The average molecular weight is 388 g/mol. The van der Waals surface area contributed by atoms with Gasteiger partial charge in [-0.2, -0.15) is 25.3 Å². The van der Waals surface area contributed by atoms with Crippen LogP contribution >= 0.6 is 0 Å². The van der Waals surface area contributed by atoms with E-state index in [2.05, 4.69) is 0 Å². The van der Waals surface area contributed by atoms with E-state index in [-0.39, 0.29) is 154 Å².